The van der Waals surface area contributed by atoms with Gasteiger partial charge in [-0.05, 0) is 146 Å². The van der Waals surface area contributed by atoms with Crippen molar-refractivity contribution in [3.63, 3.8) is 0 Å². The number of hydrogen-bond donors (Lipinski definition) is 0. The first-order valence-corrected chi connectivity index (χ1v) is 21.8. The number of hydrogen-bond acceptors (Lipinski definition) is 2. The van der Waals surface area contributed by atoms with E-state index >= 15 is 0 Å². The molecule has 5 rings (SSSR count). The SMILES string of the molecule is CCCCCCCCOC1CCC(C2CCC3(CC2)CC2(CCC(C4CCC(OCCCCCCCC)CC4)CC2)C3(Cl)Cl)CC1. The lowest BCUT2D eigenvalue weighted by atomic mass is 9.42. The van der Waals surface area contributed by atoms with Gasteiger partial charge in [-0.1, -0.05) is 78.1 Å². The maximum Gasteiger partial charge on any atom is 0.129 e. The molecule has 0 aromatic heterocycles. The molecule has 2 nitrogen and oxygen atoms in total. The second kappa shape index (κ2) is 18.7. The zero-order valence-corrected chi connectivity index (χ0v) is 32.0. The predicted molar refractivity (Wildman–Crippen MR) is 198 cm³/mol. The fraction of sp³-hybridized carbons (Fsp3) is 1.00. The molecule has 46 heavy (non-hydrogen) atoms. The van der Waals surface area contributed by atoms with Gasteiger partial charge >= 0.3 is 0 Å². The highest BCUT2D eigenvalue weighted by molar-refractivity contribution is 6.50. The van der Waals surface area contributed by atoms with Crippen molar-refractivity contribution in [1.82, 2.24) is 0 Å². The summed E-state index contributed by atoms with van der Waals surface area (Å²) in [6, 6.07) is 0. The minimum Gasteiger partial charge on any atom is -0.378 e. The Kier molecular flexibility index (Phi) is 15.3. The molecular formula is C42H74Cl2O2. The van der Waals surface area contributed by atoms with Crippen molar-refractivity contribution in [2.24, 2.45) is 34.5 Å². The van der Waals surface area contributed by atoms with E-state index in [0.717, 1.165) is 36.9 Å². The summed E-state index contributed by atoms with van der Waals surface area (Å²) >= 11 is 15.0. The first kappa shape index (κ1) is 37.7. The summed E-state index contributed by atoms with van der Waals surface area (Å²) in [5, 5.41) is 0. The van der Waals surface area contributed by atoms with Gasteiger partial charge in [-0.15, -0.1) is 23.2 Å². The van der Waals surface area contributed by atoms with E-state index in [4.69, 9.17) is 32.7 Å². The third kappa shape index (κ3) is 9.43. The zero-order valence-electron chi connectivity index (χ0n) is 30.5. The average Bonchev–Trinajstić information content (AvgIpc) is 3.09. The Bertz CT molecular complexity index is 761. The Morgan fingerprint density at radius 3 is 1.11 bits per heavy atom. The molecule has 0 saturated heterocycles. The number of unbranched alkanes of at least 4 members (excludes halogenated alkanes) is 10. The van der Waals surface area contributed by atoms with Crippen LogP contribution in [0, 0.1) is 34.5 Å². The summed E-state index contributed by atoms with van der Waals surface area (Å²) in [5.74, 6) is 3.61. The van der Waals surface area contributed by atoms with E-state index < -0.39 is 4.33 Å². The van der Waals surface area contributed by atoms with E-state index in [1.807, 2.05) is 0 Å². The molecule has 0 aliphatic heterocycles. The lowest BCUT2D eigenvalue weighted by Gasteiger charge is -2.69. The zero-order chi connectivity index (χ0) is 32.3. The number of rotatable bonds is 18. The van der Waals surface area contributed by atoms with Crippen LogP contribution in [0.1, 0.15) is 200 Å². The van der Waals surface area contributed by atoms with Gasteiger partial charge in [0.15, 0.2) is 0 Å². The molecule has 0 aromatic carbocycles. The van der Waals surface area contributed by atoms with Crippen molar-refractivity contribution in [3.8, 4) is 0 Å². The minimum absolute atomic E-state index is 0.197. The Morgan fingerprint density at radius 1 is 0.435 bits per heavy atom. The summed E-state index contributed by atoms with van der Waals surface area (Å²) < 4.78 is 12.1. The first-order valence-electron chi connectivity index (χ1n) is 21.0. The summed E-state index contributed by atoms with van der Waals surface area (Å²) in [4.78, 5) is 0. The Hall–Kier alpha value is 0.500. The summed E-state index contributed by atoms with van der Waals surface area (Å²) in [7, 11) is 0. The number of ether oxygens (including phenoxy) is 2. The molecule has 0 bridgehead atoms. The molecule has 0 unspecified atom stereocenters. The van der Waals surface area contributed by atoms with Crippen LogP contribution < -0.4 is 0 Å². The third-order valence-electron chi connectivity index (χ3n) is 14.5. The Labute approximate surface area is 296 Å². The smallest absolute Gasteiger partial charge is 0.129 e. The first-order chi connectivity index (χ1) is 22.4. The highest BCUT2D eigenvalue weighted by atomic mass is 35.5. The Morgan fingerprint density at radius 2 is 0.761 bits per heavy atom. The highest BCUT2D eigenvalue weighted by Crippen LogP contribution is 2.77. The summed E-state index contributed by atoms with van der Waals surface area (Å²) in [6.07, 6.45) is 39.8. The molecule has 5 aliphatic rings. The number of alkyl halides is 2. The second-order valence-electron chi connectivity index (χ2n) is 17.3. The van der Waals surface area contributed by atoms with Crippen LogP contribution >= 0.6 is 23.2 Å². The van der Waals surface area contributed by atoms with Gasteiger partial charge in [0.25, 0.3) is 0 Å². The molecule has 0 N–H and O–H groups in total. The monoisotopic (exact) mass is 681 g/mol. The van der Waals surface area contributed by atoms with Gasteiger partial charge in [0, 0.05) is 24.0 Å². The van der Waals surface area contributed by atoms with Crippen LogP contribution in [0.2, 0.25) is 0 Å². The summed E-state index contributed by atoms with van der Waals surface area (Å²) in [6.45, 7) is 6.56. The molecule has 5 aliphatic carbocycles. The molecule has 0 radical (unpaired) electrons. The molecule has 268 valence electrons. The van der Waals surface area contributed by atoms with Crippen LogP contribution in [0.3, 0.4) is 0 Å². The van der Waals surface area contributed by atoms with Crippen LogP contribution in [0.5, 0.6) is 0 Å². The minimum atomic E-state index is -0.500. The quantitative estimate of drug-likeness (QED) is 0.106. The normalized spacial score (nSPS) is 37.8. The molecule has 2 spiro atoms. The van der Waals surface area contributed by atoms with Crippen LogP contribution in [-0.4, -0.2) is 29.8 Å². The van der Waals surface area contributed by atoms with Crippen molar-refractivity contribution in [2.75, 3.05) is 13.2 Å². The van der Waals surface area contributed by atoms with E-state index in [2.05, 4.69) is 13.8 Å². The van der Waals surface area contributed by atoms with Crippen molar-refractivity contribution in [1.29, 1.82) is 0 Å². The molecule has 4 heteroatoms. The molecule has 0 atom stereocenters. The van der Waals surface area contributed by atoms with Gasteiger partial charge < -0.3 is 9.47 Å². The summed E-state index contributed by atoms with van der Waals surface area (Å²) in [5.41, 5.74) is 0.393. The Balaban J connectivity index is 0.947. The van der Waals surface area contributed by atoms with E-state index in [0.29, 0.717) is 12.2 Å². The van der Waals surface area contributed by atoms with Crippen molar-refractivity contribution < 1.29 is 9.47 Å². The molecular weight excluding hydrogens is 607 g/mol. The fourth-order valence-electron chi connectivity index (χ4n) is 11.4. The lowest BCUT2D eigenvalue weighted by Crippen LogP contribution is -2.66. The maximum absolute atomic E-state index is 7.50. The second-order valence-corrected chi connectivity index (χ2v) is 18.7. The highest BCUT2D eigenvalue weighted by Gasteiger charge is 2.72. The molecule has 0 heterocycles. The third-order valence-corrected chi connectivity index (χ3v) is 16.1. The van der Waals surface area contributed by atoms with E-state index in [-0.39, 0.29) is 10.8 Å². The number of halogens is 2. The van der Waals surface area contributed by atoms with Crippen LogP contribution in [-0.2, 0) is 9.47 Å². The van der Waals surface area contributed by atoms with Gasteiger partial charge in [0.2, 0.25) is 0 Å². The topological polar surface area (TPSA) is 18.5 Å². The van der Waals surface area contributed by atoms with Gasteiger partial charge in [0.1, 0.15) is 4.33 Å². The van der Waals surface area contributed by atoms with E-state index in [1.165, 1.54) is 186 Å². The van der Waals surface area contributed by atoms with E-state index in [1.54, 1.807) is 0 Å². The standard InChI is InChI=1S/C42H74Cl2O2/c1-3-5-7-9-11-13-31-45-38-19-15-34(16-20-38)36-23-27-40(28-24-36)33-41(42(40,43)44)29-25-37(26-30-41)35-17-21-39(22-18-35)46-32-14-12-10-8-6-4-2/h34-39H,3-33H2,1-2H3. The molecule has 5 fully saturated rings. The van der Waals surface area contributed by atoms with Gasteiger partial charge in [0.05, 0.1) is 12.2 Å². The molecule has 0 aromatic rings. The van der Waals surface area contributed by atoms with Gasteiger partial charge in [-0.2, -0.15) is 0 Å². The van der Waals surface area contributed by atoms with Crippen LogP contribution in [0.15, 0.2) is 0 Å². The largest absolute Gasteiger partial charge is 0.378 e. The van der Waals surface area contributed by atoms with Crippen molar-refractivity contribution >= 4 is 23.2 Å². The van der Waals surface area contributed by atoms with Gasteiger partial charge in [-0.25, -0.2) is 0 Å². The maximum atomic E-state index is 7.50. The average molecular weight is 682 g/mol. The van der Waals surface area contributed by atoms with E-state index in [9.17, 15) is 0 Å². The fourth-order valence-corrected chi connectivity index (χ4v) is 12.4. The van der Waals surface area contributed by atoms with Crippen LogP contribution in [0.25, 0.3) is 0 Å². The molecule has 5 saturated carbocycles. The van der Waals surface area contributed by atoms with Gasteiger partial charge in [-0.3, -0.25) is 0 Å². The van der Waals surface area contributed by atoms with Crippen molar-refractivity contribution in [3.05, 3.63) is 0 Å². The predicted octanol–water partition coefficient (Wildman–Crippen LogP) is 13.8. The molecule has 0 amide bonds. The lowest BCUT2D eigenvalue weighted by molar-refractivity contribution is -0.123. The van der Waals surface area contributed by atoms with Crippen molar-refractivity contribution in [2.45, 2.75) is 217 Å². The van der Waals surface area contributed by atoms with Crippen LogP contribution in [0.4, 0.5) is 0 Å².